The molecule has 6 N–H and O–H groups in total. The Morgan fingerprint density at radius 1 is 0.875 bits per heavy atom. The van der Waals surface area contributed by atoms with Crippen molar-refractivity contribution in [3.63, 3.8) is 0 Å². The highest BCUT2D eigenvalue weighted by Crippen LogP contribution is 2.19. The summed E-state index contributed by atoms with van der Waals surface area (Å²) in [4.78, 5) is 29.4. The molecule has 0 aliphatic rings. The zero-order chi connectivity index (χ0) is 33.7. The first-order valence-electron chi connectivity index (χ1n) is 16.2. The maximum absolute atomic E-state index is 12.7. The van der Waals surface area contributed by atoms with Crippen LogP contribution in [-0.4, -0.2) is 47.6 Å². The molecule has 0 saturated carbocycles. The number of carbonyl (C=O) groups excluding carboxylic acids is 2. The highest BCUT2D eigenvalue weighted by atomic mass is 16.5. The van der Waals surface area contributed by atoms with Gasteiger partial charge in [-0.3, -0.25) is 9.59 Å². The molecule has 0 spiro atoms. The standard InChI is InChI=1S/C39H43N5O4/c1-27(42-25-36(45)33-16-17-37(40)43-24-33)20-29-6-4-7-30(21-29)22-38(46)44-23-28-12-14-32(15-13-28)39(47)41-18-19-48-26-34-10-5-9-31-8-2-3-11-35(31)34/h2-17,21,24,27,36,42,45H,18-20,22-23,25-26H2,1H3,(H2,40,43)(H,41,47)(H,44,46). The summed E-state index contributed by atoms with van der Waals surface area (Å²) in [6, 6.07) is 33.1. The van der Waals surface area contributed by atoms with Crippen molar-refractivity contribution < 1.29 is 19.4 Å². The topological polar surface area (TPSA) is 139 Å². The summed E-state index contributed by atoms with van der Waals surface area (Å²) in [5, 5.41) is 22.0. The molecule has 5 aromatic rings. The lowest BCUT2D eigenvalue weighted by molar-refractivity contribution is -0.120. The summed E-state index contributed by atoms with van der Waals surface area (Å²) in [5.41, 5.74) is 11.0. The molecule has 0 radical (unpaired) electrons. The number of nitrogen functional groups attached to an aromatic ring is 1. The Kier molecular flexibility index (Phi) is 12.3. The van der Waals surface area contributed by atoms with E-state index in [2.05, 4.69) is 52.1 Å². The quantitative estimate of drug-likeness (QED) is 0.0965. The van der Waals surface area contributed by atoms with Gasteiger partial charge in [-0.25, -0.2) is 4.98 Å². The average molecular weight is 646 g/mol. The van der Waals surface area contributed by atoms with Crippen molar-refractivity contribution in [3.05, 3.63) is 143 Å². The first kappa shape index (κ1) is 34.3. The predicted octanol–water partition coefficient (Wildman–Crippen LogP) is 4.88. The van der Waals surface area contributed by atoms with Crippen LogP contribution < -0.4 is 21.7 Å². The monoisotopic (exact) mass is 645 g/mol. The van der Waals surface area contributed by atoms with E-state index in [9.17, 15) is 14.7 Å². The summed E-state index contributed by atoms with van der Waals surface area (Å²) in [5.74, 6) is 0.172. The van der Waals surface area contributed by atoms with E-state index in [1.807, 2.05) is 54.6 Å². The molecule has 1 heterocycles. The number of anilines is 1. The van der Waals surface area contributed by atoms with Crippen molar-refractivity contribution >= 4 is 28.4 Å². The fourth-order valence-corrected chi connectivity index (χ4v) is 5.50. The summed E-state index contributed by atoms with van der Waals surface area (Å²) in [6.07, 6.45) is 1.92. The molecular formula is C39H43N5O4. The number of nitrogens with one attached hydrogen (secondary N) is 3. The number of hydrogen-bond donors (Lipinski definition) is 5. The lowest BCUT2D eigenvalue weighted by atomic mass is 10.0. The fourth-order valence-electron chi connectivity index (χ4n) is 5.50. The number of benzene rings is 4. The number of aliphatic hydroxyl groups is 1. The maximum atomic E-state index is 12.7. The number of nitrogens with two attached hydrogens (primary N) is 1. The second-order valence-corrected chi connectivity index (χ2v) is 12.0. The molecule has 5 rings (SSSR count). The number of carbonyl (C=O) groups is 2. The van der Waals surface area contributed by atoms with Gasteiger partial charge in [-0.15, -0.1) is 0 Å². The fraction of sp³-hybridized carbons (Fsp3) is 0.256. The van der Waals surface area contributed by atoms with E-state index in [0.717, 1.165) is 28.7 Å². The van der Waals surface area contributed by atoms with E-state index in [1.54, 1.807) is 30.5 Å². The molecule has 2 amide bonds. The lowest BCUT2D eigenvalue weighted by Crippen LogP contribution is -2.32. The Labute approximate surface area is 281 Å². The van der Waals surface area contributed by atoms with Gasteiger partial charge in [0, 0.05) is 43.0 Å². The largest absolute Gasteiger partial charge is 0.387 e. The van der Waals surface area contributed by atoms with Crippen LogP contribution in [0.25, 0.3) is 10.8 Å². The molecule has 9 heteroatoms. The molecule has 4 aromatic carbocycles. The smallest absolute Gasteiger partial charge is 0.251 e. The van der Waals surface area contributed by atoms with Gasteiger partial charge in [0.2, 0.25) is 5.91 Å². The van der Waals surface area contributed by atoms with Crippen molar-refractivity contribution in [2.24, 2.45) is 0 Å². The Hall–Kier alpha value is -5.09. The van der Waals surface area contributed by atoms with Crippen molar-refractivity contribution in [1.82, 2.24) is 20.9 Å². The lowest BCUT2D eigenvalue weighted by Gasteiger charge is -2.18. The molecule has 1 aromatic heterocycles. The molecule has 0 saturated heterocycles. The minimum absolute atomic E-state index is 0.0797. The van der Waals surface area contributed by atoms with Gasteiger partial charge in [-0.1, -0.05) is 84.9 Å². The Balaban J connectivity index is 0.990. The van der Waals surface area contributed by atoms with Crippen LogP contribution in [-0.2, 0) is 35.5 Å². The van der Waals surface area contributed by atoms with Crippen LogP contribution in [0.3, 0.4) is 0 Å². The van der Waals surface area contributed by atoms with Crippen LogP contribution in [0, 0.1) is 0 Å². The molecule has 0 aliphatic carbocycles. The normalized spacial score (nSPS) is 12.4. The molecule has 0 aliphatic heterocycles. The predicted molar refractivity (Wildman–Crippen MR) is 189 cm³/mol. The molecule has 0 bridgehead atoms. The van der Waals surface area contributed by atoms with Crippen LogP contribution in [0.5, 0.6) is 0 Å². The third-order valence-corrected chi connectivity index (χ3v) is 8.13. The van der Waals surface area contributed by atoms with Crippen molar-refractivity contribution in [2.45, 2.75) is 45.1 Å². The second-order valence-electron chi connectivity index (χ2n) is 12.0. The summed E-state index contributed by atoms with van der Waals surface area (Å²) >= 11 is 0. The van der Waals surface area contributed by atoms with E-state index in [1.165, 1.54) is 10.8 Å². The van der Waals surface area contributed by atoms with Gasteiger partial charge >= 0.3 is 0 Å². The number of rotatable bonds is 16. The third-order valence-electron chi connectivity index (χ3n) is 8.13. The minimum Gasteiger partial charge on any atom is -0.387 e. The molecular weight excluding hydrogens is 602 g/mol. The molecule has 48 heavy (non-hydrogen) atoms. The van der Waals surface area contributed by atoms with Crippen LogP contribution in [0.15, 0.2) is 109 Å². The second kappa shape index (κ2) is 17.2. The van der Waals surface area contributed by atoms with Gasteiger partial charge in [0.1, 0.15) is 5.82 Å². The number of ether oxygens (including phenoxy) is 1. The molecule has 2 unspecified atom stereocenters. The van der Waals surface area contributed by atoms with E-state index in [-0.39, 0.29) is 24.3 Å². The zero-order valence-corrected chi connectivity index (χ0v) is 27.2. The van der Waals surface area contributed by atoms with Gasteiger partial charge in [0.15, 0.2) is 0 Å². The van der Waals surface area contributed by atoms with E-state index >= 15 is 0 Å². The van der Waals surface area contributed by atoms with E-state index < -0.39 is 6.10 Å². The Morgan fingerprint density at radius 2 is 1.65 bits per heavy atom. The molecule has 2 atom stereocenters. The van der Waals surface area contributed by atoms with Crippen LogP contribution in [0.2, 0.25) is 0 Å². The number of hydrogen-bond acceptors (Lipinski definition) is 7. The van der Waals surface area contributed by atoms with E-state index in [0.29, 0.717) is 49.8 Å². The first-order valence-corrected chi connectivity index (χ1v) is 16.2. The highest BCUT2D eigenvalue weighted by Gasteiger charge is 2.12. The van der Waals surface area contributed by atoms with Gasteiger partial charge < -0.3 is 31.5 Å². The zero-order valence-electron chi connectivity index (χ0n) is 27.2. The third kappa shape index (κ3) is 10.2. The molecule has 0 fully saturated rings. The summed E-state index contributed by atoms with van der Waals surface area (Å²) in [7, 11) is 0. The molecule has 248 valence electrons. The first-order chi connectivity index (χ1) is 23.3. The number of aliphatic hydroxyl groups excluding tert-OH is 1. The number of nitrogens with zero attached hydrogens (tertiary/aromatic N) is 1. The number of amides is 2. The summed E-state index contributed by atoms with van der Waals surface area (Å²) < 4.78 is 5.82. The van der Waals surface area contributed by atoms with Crippen molar-refractivity contribution in [2.75, 3.05) is 25.4 Å². The highest BCUT2D eigenvalue weighted by molar-refractivity contribution is 5.94. The van der Waals surface area contributed by atoms with Crippen molar-refractivity contribution in [1.29, 1.82) is 0 Å². The van der Waals surface area contributed by atoms with Gasteiger partial charge in [-0.2, -0.15) is 0 Å². The maximum Gasteiger partial charge on any atom is 0.251 e. The van der Waals surface area contributed by atoms with Gasteiger partial charge in [-0.05, 0) is 64.6 Å². The van der Waals surface area contributed by atoms with Gasteiger partial charge in [0.05, 0.1) is 25.7 Å². The number of aromatic nitrogens is 1. The number of fused-ring (bicyclic) bond motifs is 1. The van der Waals surface area contributed by atoms with Crippen LogP contribution >= 0.6 is 0 Å². The molecule has 9 nitrogen and oxygen atoms in total. The van der Waals surface area contributed by atoms with Crippen molar-refractivity contribution in [3.8, 4) is 0 Å². The SMILES string of the molecule is CC(Cc1cccc(CC(=O)NCc2ccc(C(=O)NCCOCc3cccc4ccccc34)cc2)c1)NCC(O)c1ccc(N)nc1. The Morgan fingerprint density at radius 3 is 2.46 bits per heavy atom. The van der Waals surface area contributed by atoms with Crippen LogP contribution in [0.1, 0.15) is 51.2 Å². The van der Waals surface area contributed by atoms with Gasteiger partial charge in [0.25, 0.3) is 5.91 Å². The minimum atomic E-state index is -0.679. The average Bonchev–Trinajstić information content (AvgIpc) is 3.10. The van der Waals surface area contributed by atoms with Crippen LogP contribution in [0.4, 0.5) is 5.82 Å². The summed E-state index contributed by atoms with van der Waals surface area (Å²) in [6.45, 7) is 4.12. The Bertz CT molecular complexity index is 1790. The van der Waals surface area contributed by atoms with E-state index in [4.69, 9.17) is 10.5 Å². The number of pyridine rings is 1.